The van der Waals surface area contributed by atoms with Gasteiger partial charge in [0.2, 0.25) is 0 Å². The molecule has 5 heteroatoms. The first-order valence-corrected chi connectivity index (χ1v) is 11.2. The van der Waals surface area contributed by atoms with Crippen molar-refractivity contribution in [1.82, 2.24) is 0 Å². The van der Waals surface area contributed by atoms with Crippen LogP contribution in [0.15, 0.2) is 0 Å². The minimum atomic E-state index is -0.414. The number of aliphatic hydroxyl groups is 2. The van der Waals surface area contributed by atoms with E-state index >= 15 is 0 Å². The summed E-state index contributed by atoms with van der Waals surface area (Å²) < 4.78 is 5.00. The van der Waals surface area contributed by atoms with Crippen molar-refractivity contribution in [2.45, 2.75) is 84.3 Å². The molecule has 0 unspecified atom stereocenters. The van der Waals surface area contributed by atoms with Gasteiger partial charge in [-0.15, -0.1) is 0 Å². The van der Waals surface area contributed by atoms with Crippen LogP contribution in [0.25, 0.3) is 0 Å². The third-order valence-corrected chi connectivity index (χ3v) is 9.37. The number of hydrogen-bond acceptors (Lipinski definition) is 5. The van der Waals surface area contributed by atoms with E-state index in [1.54, 1.807) is 0 Å². The van der Waals surface area contributed by atoms with Crippen molar-refractivity contribution in [3.05, 3.63) is 0 Å². The molecule has 5 nitrogen and oxygen atoms in total. The minimum absolute atomic E-state index is 0.0199. The largest absolute Gasteiger partial charge is 0.458 e. The van der Waals surface area contributed by atoms with E-state index in [1.807, 2.05) is 0 Å². The van der Waals surface area contributed by atoms with Crippen LogP contribution in [0, 0.1) is 40.4 Å². The first-order chi connectivity index (χ1) is 13.2. The summed E-state index contributed by atoms with van der Waals surface area (Å²) in [6.45, 7) is 5.75. The summed E-state index contributed by atoms with van der Waals surface area (Å²) in [5, 5.41) is 21.5. The Morgan fingerprint density at radius 1 is 1.04 bits per heavy atom. The molecule has 28 heavy (non-hydrogen) atoms. The lowest BCUT2D eigenvalue weighted by atomic mass is 9.44. The van der Waals surface area contributed by atoms with Gasteiger partial charge in [-0.1, -0.05) is 13.8 Å². The Hall–Kier alpha value is -0.940. The van der Waals surface area contributed by atoms with E-state index < -0.39 is 12.1 Å². The van der Waals surface area contributed by atoms with E-state index in [1.165, 1.54) is 6.92 Å². The Morgan fingerprint density at radius 3 is 2.50 bits per heavy atom. The Bertz CT molecular complexity index is 647. The SMILES string of the molecule is CC(=O)OCC(=O)[C@H]1CC[C@H]2[C@@H]3CC[C@@H]4C[C@H](O)CC[C@]4(C)[C@H]3[C@@H](O)C[C@]12C. The third-order valence-electron chi connectivity index (χ3n) is 9.37. The maximum atomic E-state index is 12.8. The smallest absolute Gasteiger partial charge is 0.303 e. The molecule has 0 bridgehead atoms. The molecule has 158 valence electrons. The Morgan fingerprint density at radius 2 is 1.79 bits per heavy atom. The van der Waals surface area contributed by atoms with E-state index in [0.29, 0.717) is 24.2 Å². The van der Waals surface area contributed by atoms with Gasteiger partial charge in [0, 0.05) is 12.8 Å². The van der Waals surface area contributed by atoms with Crippen molar-refractivity contribution in [1.29, 1.82) is 0 Å². The zero-order valence-corrected chi connectivity index (χ0v) is 17.5. The topological polar surface area (TPSA) is 83.8 Å². The summed E-state index contributed by atoms with van der Waals surface area (Å²) in [5.74, 6) is 1.17. The van der Waals surface area contributed by atoms with Crippen LogP contribution in [-0.2, 0) is 14.3 Å². The first-order valence-electron chi connectivity index (χ1n) is 11.2. The fourth-order valence-corrected chi connectivity index (χ4v) is 8.16. The highest BCUT2D eigenvalue weighted by Crippen LogP contribution is 2.67. The van der Waals surface area contributed by atoms with Crippen LogP contribution >= 0.6 is 0 Å². The van der Waals surface area contributed by atoms with Gasteiger partial charge in [0.15, 0.2) is 5.78 Å². The monoisotopic (exact) mass is 392 g/mol. The highest BCUT2D eigenvalue weighted by Gasteiger charge is 2.63. The van der Waals surface area contributed by atoms with E-state index in [0.717, 1.165) is 44.9 Å². The van der Waals surface area contributed by atoms with E-state index in [2.05, 4.69) is 13.8 Å². The molecule has 0 amide bonds. The van der Waals surface area contributed by atoms with Crippen LogP contribution in [0.2, 0.25) is 0 Å². The van der Waals surface area contributed by atoms with Crippen molar-refractivity contribution >= 4 is 11.8 Å². The summed E-state index contributed by atoms with van der Waals surface area (Å²) in [7, 11) is 0. The predicted molar refractivity (Wildman–Crippen MR) is 104 cm³/mol. The lowest BCUT2D eigenvalue weighted by Crippen LogP contribution is -2.59. The number of esters is 1. The number of ketones is 1. The Labute approximate surface area is 168 Å². The molecule has 4 saturated carbocycles. The average molecular weight is 393 g/mol. The highest BCUT2D eigenvalue weighted by atomic mass is 16.5. The zero-order valence-electron chi connectivity index (χ0n) is 17.5. The second-order valence-electron chi connectivity index (χ2n) is 10.7. The quantitative estimate of drug-likeness (QED) is 0.721. The lowest BCUT2D eigenvalue weighted by molar-refractivity contribution is -0.179. The maximum Gasteiger partial charge on any atom is 0.303 e. The van der Waals surface area contributed by atoms with Gasteiger partial charge in [-0.2, -0.15) is 0 Å². The van der Waals surface area contributed by atoms with Gasteiger partial charge < -0.3 is 14.9 Å². The number of carbonyl (C=O) groups is 2. The van der Waals surface area contributed by atoms with Gasteiger partial charge in [0.1, 0.15) is 6.61 Å². The number of rotatable bonds is 3. The standard InChI is InChI=1S/C23H36O5/c1-13(24)28-12-20(27)18-7-6-17-16-5-4-14-10-15(25)8-9-22(14,2)21(16)19(26)11-23(17,18)3/h14-19,21,25-26H,4-12H2,1-3H3/t14-,15-,16+,17+,18-,19+,21-,22+,23+/m1/s1. The molecule has 4 fully saturated rings. The van der Waals surface area contributed by atoms with Crippen LogP contribution in [0.3, 0.4) is 0 Å². The fraction of sp³-hybridized carbons (Fsp3) is 0.913. The van der Waals surface area contributed by atoms with Gasteiger partial charge in [-0.3, -0.25) is 9.59 Å². The summed E-state index contributed by atoms with van der Waals surface area (Å²) in [5.41, 5.74) is -0.0993. The summed E-state index contributed by atoms with van der Waals surface area (Å²) in [6, 6.07) is 0. The maximum absolute atomic E-state index is 12.8. The molecular weight excluding hydrogens is 356 g/mol. The second-order valence-corrected chi connectivity index (χ2v) is 10.7. The van der Waals surface area contributed by atoms with E-state index in [4.69, 9.17) is 4.74 Å². The lowest BCUT2D eigenvalue weighted by Gasteiger charge is -2.62. The molecule has 9 atom stereocenters. The van der Waals surface area contributed by atoms with Crippen molar-refractivity contribution in [2.75, 3.05) is 6.61 Å². The molecule has 0 aromatic heterocycles. The fourth-order valence-electron chi connectivity index (χ4n) is 8.16. The average Bonchev–Trinajstić information content (AvgIpc) is 2.96. The summed E-state index contributed by atoms with van der Waals surface area (Å²) in [6.07, 6.45) is 6.90. The van der Waals surface area contributed by atoms with Crippen LogP contribution < -0.4 is 0 Å². The van der Waals surface area contributed by atoms with Crippen LogP contribution in [0.1, 0.15) is 72.1 Å². The van der Waals surface area contributed by atoms with Crippen molar-refractivity contribution < 1.29 is 24.5 Å². The number of ether oxygens (including phenoxy) is 1. The highest BCUT2D eigenvalue weighted by molar-refractivity contribution is 5.85. The predicted octanol–water partition coefficient (Wildman–Crippen LogP) is 3.11. The van der Waals surface area contributed by atoms with Crippen LogP contribution in [-0.4, -0.2) is 40.8 Å². The number of hydrogen-bond donors (Lipinski definition) is 2. The van der Waals surface area contributed by atoms with Crippen LogP contribution in [0.5, 0.6) is 0 Å². The molecule has 4 rings (SSSR count). The van der Waals surface area contributed by atoms with Crippen molar-refractivity contribution in [3.63, 3.8) is 0 Å². The van der Waals surface area contributed by atoms with E-state index in [-0.39, 0.29) is 41.2 Å². The van der Waals surface area contributed by atoms with Gasteiger partial charge in [-0.25, -0.2) is 0 Å². The molecule has 4 aliphatic rings. The Kier molecular flexibility index (Phi) is 5.15. The Balaban J connectivity index is 1.57. The molecule has 0 spiro atoms. The van der Waals surface area contributed by atoms with Gasteiger partial charge >= 0.3 is 5.97 Å². The van der Waals surface area contributed by atoms with Crippen molar-refractivity contribution in [3.8, 4) is 0 Å². The van der Waals surface area contributed by atoms with Gasteiger partial charge in [0.25, 0.3) is 0 Å². The normalized spacial score (nSPS) is 50.2. The van der Waals surface area contributed by atoms with Gasteiger partial charge in [0.05, 0.1) is 12.2 Å². The molecule has 0 heterocycles. The number of aliphatic hydroxyl groups excluding tert-OH is 2. The molecule has 0 aliphatic heterocycles. The van der Waals surface area contributed by atoms with Gasteiger partial charge in [-0.05, 0) is 85.9 Å². The van der Waals surface area contributed by atoms with Crippen molar-refractivity contribution in [2.24, 2.45) is 40.4 Å². The minimum Gasteiger partial charge on any atom is -0.458 e. The number of fused-ring (bicyclic) bond motifs is 5. The molecule has 0 radical (unpaired) electrons. The molecule has 0 aromatic carbocycles. The van der Waals surface area contributed by atoms with E-state index in [9.17, 15) is 19.8 Å². The van der Waals surface area contributed by atoms with Crippen LogP contribution in [0.4, 0.5) is 0 Å². The molecule has 4 aliphatic carbocycles. The number of Topliss-reactive ketones (excluding diaryl/α,β-unsaturated/α-hetero) is 1. The first kappa shape index (κ1) is 20.3. The molecule has 0 aromatic rings. The molecule has 0 saturated heterocycles. The zero-order chi connectivity index (χ0) is 20.3. The third kappa shape index (κ3) is 3.04. The second kappa shape index (κ2) is 7.09. The summed E-state index contributed by atoms with van der Waals surface area (Å²) >= 11 is 0. The molecule has 2 N–H and O–H groups in total. The molecular formula is C23H36O5. The summed E-state index contributed by atoms with van der Waals surface area (Å²) in [4.78, 5) is 23.9. The number of carbonyl (C=O) groups excluding carboxylic acids is 2.